The number of amides is 3. The van der Waals surface area contributed by atoms with Crippen molar-refractivity contribution in [1.82, 2.24) is 9.80 Å². The van der Waals surface area contributed by atoms with Gasteiger partial charge in [-0.25, -0.2) is 4.79 Å². The highest BCUT2D eigenvalue weighted by Gasteiger charge is 2.27. The van der Waals surface area contributed by atoms with E-state index in [0.29, 0.717) is 26.2 Å². The minimum Gasteiger partial charge on any atom is -0.490 e. The van der Waals surface area contributed by atoms with Gasteiger partial charge in [-0.1, -0.05) is 12.1 Å². The maximum atomic E-state index is 13.1. The largest absolute Gasteiger partial charge is 0.490 e. The summed E-state index contributed by atoms with van der Waals surface area (Å²) in [6.07, 6.45) is -0.411. The van der Waals surface area contributed by atoms with Crippen LogP contribution in [-0.2, 0) is 4.74 Å². The van der Waals surface area contributed by atoms with E-state index in [4.69, 9.17) is 9.47 Å². The molecule has 3 rings (SSSR count). The number of nitrogens with one attached hydrogen (secondary N) is 1. The molecule has 0 spiro atoms. The molecule has 1 saturated heterocycles. The lowest BCUT2D eigenvalue weighted by molar-refractivity contribution is -0.385. The smallest absolute Gasteiger partial charge is 0.409 e. The Morgan fingerprint density at radius 2 is 1.73 bits per heavy atom. The van der Waals surface area contributed by atoms with Crippen molar-refractivity contribution in [3.8, 4) is 5.75 Å². The van der Waals surface area contributed by atoms with Gasteiger partial charge in [-0.05, 0) is 31.2 Å². The summed E-state index contributed by atoms with van der Waals surface area (Å²) < 4.78 is 9.95. The number of carbonyl (C=O) groups is 3. The molecule has 11 nitrogen and oxygen atoms in total. The van der Waals surface area contributed by atoms with E-state index >= 15 is 0 Å². The number of anilines is 1. The first-order chi connectivity index (χ1) is 15.8. The van der Waals surface area contributed by atoms with E-state index in [2.05, 4.69) is 5.32 Å². The molecule has 33 heavy (non-hydrogen) atoms. The summed E-state index contributed by atoms with van der Waals surface area (Å²) in [6.45, 7) is 3.34. The summed E-state index contributed by atoms with van der Waals surface area (Å²) in [5.74, 6) is -0.864. The van der Waals surface area contributed by atoms with Gasteiger partial charge < -0.3 is 24.6 Å². The number of hydrogen-bond donors (Lipinski definition) is 1. The third kappa shape index (κ3) is 5.37. The van der Waals surface area contributed by atoms with Gasteiger partial charge in [-0.3, -0.25) is 19.7 Å². The molecule has 11 heteroatoms. The maximum absolute atomic E-state index is 13.1. The number of nitrogens with zero attached hydrogens (tertiary/aromatic N) is 3. The Hall–Kier alpha value is -4.15. The molecule has 3 amide bonds. The standard InChI is InChI=1S/C22H24N4O7/c1-3-33-22(29)25-12-10-24(11-13-25)21(28)16-6-4-5-7-17(16)23-20(27)15-8-9-19(32-2)18(14-15)26(30)31/h4-9,14H,3,10-13H2,1-2H3,(H,23,27). The first-order valence-corrected chi connectivity index (χ1v) is 10.3. The highest BCUT2D eigenvalue weighted by molar-refractivity contribution is 6.09. The Balaban J connectivity index is 1.74. The molecule has 1 aliphatic heterocycles. The number of rotatable bonds is 6. The van der Waals surface area contributed by atoms with Crippen LogP contribution in [0, 0.1) is 10.1 Å². The fourth-order valence-corrected chi connectivity index (χ4v) is 3.42. The van der Waals surface area contributed by atoms with Gasteiger partial charge in [0, 0.05) is 37.8 Å². The van der Waals surface area contributed by atoms with E-state index < -0.39 is 16.9 Å². The normalized spacial score (nSPS) is 13.3. The highest BCUT2D eigenvalue weighted by atomic mass is 16.6. The number of piperazine rings is 1. The van der Waals surface area contributed by atoms with Crippen LogP contribution in [0.15, 0.2) is 42.5 Å². The zero-order chi connectivity index (χ0) is 24.0. The molecule has 0 radical (unpaired) electrons. The number of para-hydroxylation sites is 1. The molecule has 1 heterocycles. The van der Waals surface area contributed by atoms with Crippen LogP contribution in [0.25, 0.3) is 0 Å². The molecule has 0 atom stereocenters. The molecule has 0 saturated carbocycles. The quantitative estimate of drug-likeness (QED) is 0.522. The minimum atomic E-state index is -0.636. The third-order valence-electron chi connectivity index (χ3n) is 5.14. The van der Waals surface area contributed by atoms with Crippen LogP contribution in [0.2, 0.25) is 0 Å². The van der Waals surface area contributed by atoms with Crippen LogP contribution < -0.4 is 10.1 Å². The molecular weight excluding hydrogens is 432 g/mol. The number of methoxy groups -OCH3 is 1. The van der Waals surface area contributed by atoms with Crippen LogP contribution >= 0.6 is 0 Å². The van der Waals surface area contributed by atoms with Crippen molar-refractivity contribution >= 4 is 29.3 Å². The van der Waals surface area contributed by atoms with Crippen LogP contribution in [0.4, 0.5) is 16.2 Å². The van der Waals surface area contributed by atoms with Gasteiger partial charge in [0.15, 0.2) is 5.75 Å². The predicted molar refractivity (Wildman–Crippen MR) is 119 cm³/mol. The second-order valence-electron chi connectivity index (χ2n) is 7.12. The second kappa shape index (κ2) is 10.4. The number of hydrogen-bond acceptors (Lipinski definition) is 7. The summed E-state index contributed by atoms with van der Waals surface area (Å²) in [4.78, 5) is 51.5. The molecule has 0 bridgehead atoms. The number of carbonyl (C=O) groups excluding carboxylic acids is 3. The van der Waals surface area contributed by atoms with E-state index in [1.165, 1.54) is 24.1 Å². The van der Waals surface area contributed by atoms with Gasteiger partial charge in [0.25, 0.3) is 11.8 Å². The van der Waals surface area contributed by atoms with Crippen LogP contribution in [-0.4, -0.2) is 72.5 Å². The maximum Gasteiger partial charge on any atom is 0.409 e. The monoisotopic (exact) mass is 456 g/mol. The van der Waals surface area contributed by atoms with Crippen LogP contribution in [0.1, 0.15) is 27.6 Å². The van der Waals surface area contributed by atoms with E-state index in [1.54, 1.807) is 36.1 Å². The molecule has 1 aliphatic rings. The number of ether oxygens (including phenoxy) is 2. The van der Waals surface area contributed by atoms with E-state index in [0.717, 1.165) is 6.07 Å². The van der Waals surface area contributed by atoms with Crippen molar-refractivity contribution in [3.63, 3.8) is 0 Å². The average molecular weight is 456 g/mol. The van der Waals surface area contributed by atoms with E-state index in [9.17, 15) is 24.5 Å². The molecule has 0 aromatic heterocycles. The summed E-state index contributed by atoms with van der Waals surface area (Å²) in [7, 11) is 1.30. The number of nitro benzene ring substituents is 1. The Labute approximate surface area is 190 Å². The Bertz CT molecular complexity index is 1060. The summed E-state index contributed by atoms with van der Waals surface area (Å²) >= 11 is 0. The van der Waals surface area contributed by atoms with Crippen molar-refractivity contribution in [1.29, 1.82) is 0 Å². The van der Waals surface area contributed by atoms with Crippen LogP contribution in [0.3, 0.4) is 0 Å². The molecule has 2 aromatic carbocycles. The van der Waals surface area contributed by atoms with Gasteiger partial charge in [-0.2, -0.15) is 0 Å². The lowest BCUT2D eigenvalue weighted by Gasteiger charge is -2.34. The molecule has 2 aromatic rings. The van der Waals surface area contributed by atoms with Crippen molar-refractivity contribution in [2.24, 2.45) is 0 Å². The van der Waals surface area contributed by atoms with Gasteiger partial charge in [0.1, 0.15) is 0 Å². The van der Waals surface area contributed by atoms with Crippen LogP contribution in [0.5, 0.6) is 5.75 Å². The predicted octanol–water partition coefficient (Wildman–Crippen LogP) is 2.77. The lowest BCUT2D eigenvalue weighted by atomic mass is 10.1. The summed E-state index contributed by atoms with van der Waals surface area (Å²) in [5, 5.41) is 13.9. The Kier molecular flexibility index (Phi) is 7.44. The number of benzene rings is 2. The molecule has 1 fully saturated rings. The van der Waals surface area contributed by atoms with Gasteiger partial charge in [0.05, 0.1) is 29.9 Å². The molecule has 174 valence electrons. The van der Waals surface area contributed by atoms with Gasteiger partial charge >= 0.3 is 11.8 Å². The van der Waals surface area contributed by atoms with Crippen molar-refractivity contribution in [2.75, 3.05) is 45.2 Å². The molecule has 0 unspecified atom stereocenters. The number of nitro groups is 1. The summed E-state index contributed by atoms with van der Waals surface area (Å²) in [5.41, 5.74) is 0.263. The van der Waals surface area contributed by atoms with Crippen molar-refractivity contribution in [3.05, 3.63) is 63.7 Å². The van der Waals surface area contributed by atoms with Crippen molar-refractivity contribution in [2.45, 2.75) is 6.92 Å². The van der Waals surface area contributed by atoms with Gasteiger partial charge in [-0.15, -0.1) is 0 Å². The third-order valence-corrected chi connectivity index (χ3v) is 5.14. The SMILES string of the molecule is CCOC(=O)N1CCN(C(=O)c2ccccc2NC(=O)c2ccc(OC)c([N+](=O)[O-])c2)CC1. The van der Waals surface area contributed by atoms with E-state index in [-0.39, 0.29) is 40.8 Å². The van der Waals surface area contributed by atoms with Gasteiger partial charge in [0.2, 0.25) is 0 Å². The Morgan fingerprint density at radius 1 is 1.06 bits per heavy atom. The zero-order valence-corrected chi connectivity index (χ0v) is 18.3. The second-order valence-corrected chi connectivity index (χ2v) is 7.12. The molecule has 1 N–H and O–H groups in total. The average Bonchev–Trinajstić information content (AvgIpc) is 2.83. The fraction of sp³-hybridized carbons (Fsp3) is 0.318. The minimum absolute atomic E-state index is 0.0362. The zero-order valence-electron chi connectivity index (χ0n) is 18.3. The topological polar surface area (TPSA) is 131 Å². The summed E-state index contributed by atoms with van der Waals surface area (Å²) in [6, 6.07) is 10.4. The molecule has 0 aliphatic carbocycles. The van der Waals surface area contributed by atoms with E-state index in [1.807, 2.05) is 0 Å². The highest BCUT2D eigenvalue weighted by Crippen LogP contribution is 2.28. The first-order valence-electron chi connectivity index (χ1n) is 10.3. The Morgan fingerprint density at radius 3 is 2.36 bits per heavy atom. The lowest BCUT2D eigenvalue weighted by Crippen LogP contribution is -2.50. The fourth-order valence-electron chi connectivity index (χ4n) is 3.42. The van der Waals surface area contributed by atoms with Crippen molar-refractivity contribution < 1.29 is 28.8 Å². The molecular formula is C22H24N4O7. The first kappa shape index (κ1) is 23.5.